The zero-order valence-electron chi connectivity index (χ0n) is 10.0. The molecule has 0 heterocycles. The van der Waals surface area contributed by atoms with Crippen molar-refractivity contribution >= 4 is 23.8 Å². The van der Waals surface area contributed by atoms with Gasteiger partial charge in [0.1, 0.15) is 0 Å². The highest BCUT2D eigenvalue weighted by Gasteiger charge is 2.01. The lowest BCUT2D eigenvalue weighted by molar-refractivity contribution is -0.142. The third kappa shape index (κ3) is 10.1. The van der Waals surface area contributed by atoms with Gasteiger partial charge in [0.05, 0.1) is 0 Å². The van der Waals surface area contributed by atoms with Gasteiger partial charge in [-0.15, -0.1) is 0 Å². The zero-order valence-corrected chi connectivity index (χ0v) is 10.0. The van der Waals surface area contributed by atoms with E-state index in [1.807, 2.05) is 0 Å². The van der Waals surface area contributed by atoms with Gasteiger partial charge in [-0.05, 0) is 0 Å². The molecule has 0 bridgehead atoms. The van der Waals surface area contributed by atoms with E-state index >= 15 is 0 Å². The quantitative estimate of drug-likeness (QED) is 0.352. The molecule has 100 valence electrons. The van der Waals surface area contributed by atoms with Crippen LogP contribution in [0, 0.1) is 0 Å². The Bertz CT molecular complexity index is 329. The normalized spacial score (nSPS) is 9.67. The summed E-state index contributed by atoms with van der Waals surface area (Å²) in [6.07, 6.45) is 1.69. The molecule has 2 amide bonds. The van der Waals surface area contributed by atoms with Crippen LogP contribution >= 0.6 is 0 Å². The molecule has 0 unspecified atom stereocenters. The van der Waals surface area contributed by atoms with Gasteiger partial charge in [0.15, 0.2) is 13.5 Å². The van der Waals surface area contributed by atoms with Crippen molar-refractivity contribution in [3.63, 3.8) is 0 Å². The lowest BCUT2D eigenvalue weighted by Gasteiger charge is -2.02. The van der Waals surface area contributed by atoms with Crippen molar-refractivity contribution in [2.24, 2.45) is 0 Å². The summed E-state index contributed by atoms with van der Waals surface area (Å²) in [5, 5.41) is 4.46. The van der Waals surface area contributed by atoms with E-state index in [0.29, 0.717) is 0 Å². The molecule has 0 aliphatic carbocycles. The fourth-order valence-corrected chi connectivity index (χ4v) is 0.650. The first kappa shape index (κ1) is 15.6. The molecule has 0 aliphatic rings. The maximum atomic E-state index is 11.0. The first-order valence-corrected chi connectivity index (χ1v) is 4.92. The van der Waals surface area contributed by atoms with E-state index in [4.69, 9.17) is 0 Å². The predicted octanol–water partition coefficient (Wildman–Crippen LogP) is -1.18. The highest BCUT2D eigenvalue weighted by Crippen LogP contribution is 1.84. The number of carbonyl (C=O) groups excluding carboxylic acids is 4. The van der Waals surface area contributed by atoms with E-state index in [0.717, 1.165) is 12.2 Å². The summed E-state index contributed by atoms with van der Waals surface area (Å²) in [7, 11) is 0. The molecule has 0 rings (SSSR count). The molecule has 0 aromatic carbocycles. The lowest BCUT2D eigenvalue weighted by atomic mass is 10.5. The largest absolute Gasteiger partial charge is 0.441 e. The average molecular weight is 258 g/mol. The highest BCUT2D eigenvalue weighted by atomic mass is 16.5. The number of amides is 2. The van der Waals surface area contributed by atoms with E-state index in [-0.39, 0.29) is 25.3 Å². The molecule has 0 spiro atoms. The van der Waals surface area contributed by atoms with Crippen LogP contribution in [0.1, 0.15) is 13.8 Å². The van der Waals surface area contributed by atoms with Gasteiger partial charge < -0.3 is 20.1 Å². The molecule has 0 aliphatic heterocycles. The van der Waals surface area contributed by atoms with Crippen molar-refractivity contribution in [2.45, 2.75) is 13.8 Å². The Labute approximate surface area is 103 Å². The van der Waals surface area contributed by atoms with Gasteiger partial charge in [-0.25, -0.2) is 9.59 Å². The molecule has 2 N–H and O–H groups in total. The van der Waals surface area contributed by atoms with E-state index < -0.39 is 11.9 Å². The van der Waals surface area contributed by atoms with Crippen LogP contribution in [-0.2, 0) is 28.7 Å². The van der Waals surface area contributed by atoms with Crippen LogP contribution in [-0.4, -0.2) is 37.2 Å². The Balaban J connectivity index is 3.77. The Morgan fingerprint density at radius 3 is 1.44 bits per heavy atom. The number of carbonyl (C=O) groups is 4. The fourth-order valence-electron chi connectivity index (χ4n) is 0.650. The van der Waals surface area contributed by atoms with Crippen molar-refractivity contribution in [3.8, 4) is 0 Å². The summed E-state index contributed by atoms with van der Waals surface area (Å²) in [4.78, 5) is 42.8. The summed E-state index contributed by atoms with van der Waals surface area (Å²) in [6.45, 7) is 1.98. The molecule has 8 heteroatoms. The van der Waals surface area contributed by atoms with Gasteiger partial charge in [0.25, 0.3) is 0 Å². The minimum Gasteiger partial charge on any atom is -0.441 e. The van der Waals surface area contributed by atoms with Crippen molar-refractivity contribution < 1.29 is 28.7 Å². The van der Waals surface area contributed by atoms with E-state index in [1.54, 1.807) is 0 Å². The van der Waals surface area contributed by atoms with Gasteiger partial charge in [-0.1, -0.05) is 0 Å². The van der Waals surface area contributed by atoms with Gasteiger partial charge >= 0.3 is 11.9 Å². The standard InChI is InChI=1S/C10H14N2O6/c1-7(13)11-5-17-9(15)3-4-10(16)18-6-12-8(2)14/h3-4H,5-6H2,1-2H3,(H,11,13)(H,12,14)/b4-3+. The molecule has 18 heavy (non-hydrogen) atoms. The van der Waals surface area contributed by atoms with E-state index in [2.05, 4.69) is 20.1 Å². The second-order valence-electron chi connectivity index (χ2n) is 3.01. The minimum atomic E-state index is -0.805. The number of ether oxygens (including phenoxy) is 2. The summed E-state index contributed by atoms with van der Waals surface area (Å²) in [5.74, 6) is -2.30. The number of esters is 2. The second-order valence-corrected chi connectivity index (χ2v) is 3.01. The molecule has 0 aromatic heterocycles. The van der Waals surface area contributed by atoms with Crippen LogP contribution < -0.4 is 10.6 Å². The van der Waals surface area contributed by atoms with Gasteiger partial charge in [0, 0.05) is 26.0 Å². The van der Waals surface area contributed by atoms with Crippen molar-refractivity contribution in [2.75, 3.05) is 13.5 Å². The minimum absolute atomic E-state index is 0.278. The number of rotatable bonds is 6. The maximum Gasteiger partial charge on any atom is 0.332 e. The second kappa shape index (κ2) is 8.74. The van der Waals surface area contributed by atoms with Crippen molar-refractivity contribution in [1.82, 2.24) is 10.6 Å². The number of hydrogen-bond donors (Lipinski definition) is 2. The SMILES string of the molecule is CC(=O)NCOC(=O)/C=C/C(=O)OCNC(C)=O. The van der Waals surface area contributed by atoms with Crippen LogP contribution in [0.25, 0.3) is 0 Å². The molecular weight excluding hydrogens is 244 g/mol. The van der Waals surface area contributed by atoms with E-state index in [1.165, 1.54) is 13.8 Å². The Morgan fingerprint density at radius 1 is 0.833 bits per heavy atom. The molecule has 8 nitrogen and oxygen atoms in total. The third-order valence-electron chi connectivity index (χ3n) is 1.43. The maximum absolute atomic E-state index is 11.0. The highest BCUT2D eigenvalue weighted by molar-refractivity contribution is 5.91. The topological polar surface area (TPSA) is 111 Å². The summed E-state index contributed by atoms with van der Waals surface area (Å²) in [5.41, 5.74) is 0. The monoisotopic (exact) mass is 258 g/mol. The van der Waals surface area contributed by atoms with Gasteiger partial charge in [0.2, 0.25) is 11.8 Å². The van der Waals surface area contributed by atoms with Gasteiger partial charge in [-0.3, -0.25) is 9.59 Å². The fraction of sp³-hybridized carbons (Fsp3) is 0.400. The summed E-state index contributed by atoms with van der Waals surface area (Å²) in [6, 6.07) is 0. The number of nitrogens with one attached hydrogen (secondary N) is 2. The molecule has 0 atom stereocenters. The molecule has 0 saturated heterocycles. The smallest absolute Gasteiger partial charge is 0.332 e. The molecule has 0 radical (unpaired) electrons. The Kier molecular flexibility index (Phi) is 7.58. The van der Waals surface area contributed by atoms with Crippen molar-refractivity contribution in [1.29, 1.82) is 0 Å². The van der Waals surface area contributed by atoms with E-state index in [9.17, 15) is 19.2 Å². The van der Waals surface area contributed by atoms with Crippen LogP contribution in [0.4, 0.5) is 0 Å². The predicted molar refractivity (Wildman–Crippen MR) is 58.7 cm³/mol. The number of hydrogen-bond acceptors (Lipinski definition) is 6. The summed E-state index contributed by atoms with van der Waals surface area (Å²) >= 11 is 0. The van der Waals surface area contributed by atoms with Crippen LogP contribution in [0.5, 0.6) is 0 Å². The molecule has 0 fully saturated rings. The Hall–Kier alpha value is -2.38. The average Bonchev–Trinajstić information content (AvgIpc) is 2.25. The molecular formula is C10H14N2O6. The van der Waals surface area contributed by atoms with Gasteiger partial charge in [-0.2, -0.15) is 0 Å². The Morgan fingerprint density at radius 2 is 1.17 bits per heavy atom. The lowest BCUT2D eigenvalue weighted by Crippen LogP contribution is -2.25. The first-order valence-electron chi connectivity index (χ1n) is 4.92. The third-order valence-corrected chi connectivity index (χ3v) is 1.43. The van der Waals surface area contributed by atoms with Crippen molar-refractivity contribution in [3.05, 3.63) is 12.2 Å². The summed E-state index contributed by atoms with van der Waals surface area (Å²) < 4.78 is 9.02. The van der Waals surface area contributed by atoms with Crippen LogP contribution in [0.3, 0.4) is 0 Å². The molecule has 0 aromatic rings. The van der Waals surface area contributed by atoms with Crippen LogP contribution in [0.15, 0.2) is 12.2 Å². The molecule has 0 saturated carbocycles. The zero-order chi connectivity index (χ0) is 14.0. The van der Waals surface area contributed by atoms with Crippen LogP contribution in [0.2, 0.25) is 0 Å². The first-order chi connectivity index (χ1) is 8.41.